The van der Waals surface area contributed by atoms with Crippen LogP contribution in [0.3, 0.4) is 0 Å². The second-order valence-corrected chi connectivity index (χ2v) is 4.17. The second-order valence-electron chi connectivity index (χ2n) is 4.17. The number of fused-ring (bicyclic) bond motifs is 3. The molecule has 2 heterocycles. The van der Waals surface area contributed by atoms with Gasteiger partial charge in [-0.25, -0.2) is 4.52 Å². The fraction of sp³-hybridized carbons (Fsp3) is 0.364. The molecule has 6 heteroatoms. The minimum absolute atomic E-state index is 0.172. The van der Waals surface area contributed by atoms with Gasteiger partial charge in [-0.3, -0.25) is 9.59 Å². The van der Waals surface area contributed by atoms with Gasteiger partial charge in [0.25, 0.3) is 5.56 Å². The normalized spacial score (nSPS) is 18.3. The smallest absolute Gasteiger partial charge is 0.309 e. The lowest BCUT2D eigenvalue weighted by Gasteiger charge is -2.05. The van der Waals surface area contributed by atoms with Crippen LogP contribution in [0.15, 0.2) is 17.3 Å². The molecular formula is C11H11N3O3. The predicted octanol–water partition coefficient (Wildman–Crippen LogP) is -0.0896. The van der Waals surface area contributed by atoms with Crippen molar-refractivity contribution in [2.45, 2.75) is 12.8 Å². The van der Waals surface area contributed by atoms with Crippen LogP contribution >= 0.6 is 0 Å². The van der Waals surface area contributed by atoms with Crippen molar-refractivity contribution in [2.24, 2.45) is 5.92 Å². The maximum atomic E-state index is 11.7. The van der Waals surface area contributed by atoms with Gasteiger partial charge in [-0.2, -0.15) is 5.10 Å². The first-order chi connectivity index (χ1) is 8.20. The summed E-state index contributed by atoms with van der Waals surface area (Å²) in [5.41, 5.74) is 2.28. The van der Waals surface area contributed by atoms with Gasteiger partial charge in [-0.15, -0.1) is 0 Å². The molecule has 0 saturated heterocycles. The lowest BCUT2D eigenvalue weighted by molar-refractivity contribution is -0.145. The highest BCUT2D eigenvalue weighted by atomic mass is 16.5. The van der Waals surface area contributed by atoms with Crippen LogP contribution in [0.4, 0.5) is 0 Å². The summed E-state index contributed by atoms with van der Waals surface area (Å²) in [7, 11) is 1.38. The van der Waals surface area contributed by atoms with Crippen molar-refractivity contribution >= 4 is 11.5 Å². The van der Waals surface area contributed by atoms with Crippen molar-refractivity contribution in [1.29, 1.82) is 0 Å². The summed E-state index contributed by atoms with van der Waals surface area (Å²) in [5, 5.41) is 4.04. The Morgan fingerprint density at radius 2 is 2.41 bits per heavy atom. The molecule has 0 aromatic carbocycles. The van der Waals surface area contributed by atoms with Crippen LogP contribution in [0, 0.1) is 5.92 Å². The van der Waals surface area contributed by atoms with E-state index in [0.29, 0.717) is 18.4 Å². The van der Waals surface area contributed by atoms with Gasteiger partial charge in [-0.1, -0.05) is 0 Å². The van der Waals surface area contributed by atoms with Crippen molar-refractivity contribution in [3.63, 3.8) is 0 Å². The van der Waals surface area contributed by atoms with Gasteiger partial charge in [0.1, 0.15) is 11.8 Å². The summed E-state index contributed by atoms with van der Waals surface area (Å²) in [6.07, 6.45) is 4.34. The number of hydrogen-bond acceptors (Lipinski definition) is 4. The number of nitrogens with zero attached hydrogens (tertiary/aromatic N) is 2. The number of rotatable bonds is 1. The zero-order valence-electron chi connectivity index (χ0n) is 9.27. The average Bonchev–Trinajstić information content (AvgIpc) is 2.85. The number of H-pyrrole nitrogens is 1. The van der Waals surface area contributed by atoms with Crippen LogP contribution in [-0.4, -0.2) is 27.7 Å². The number of nitrogens with one attached hydrogen (secondary N) is 1. The van der Waals surface area contributed by atoms with Crippen molar-refractivity contribution < 1.29 is 9.53 Å². The molecule has 3 rings (SSSR count). The fourth-order valence-corrected chi connectivity index (χ4v) is 2.45. The summed E-state index contributed by atoms with van der Waals surface area (Å²) < 4.78 is 6.30. The molecule has 0 amide bonds. The lowest BCUT2D eigenvalue weighted by atomic mass is 10.1. The molecule has 0 radical (unpaired) electrons. The standard InChI is InChI=1S/C11H11N3O3/c1-17-11(16)6-2-7-4-14-9(8(7)3-6)10(15)12-5-13-14/h4-6H,2-3H2,1H3,(H,12,13,15). The van der Waals surface area contributed by atoms with Crippen molar-refractivity contribution in [3.8, 4) is 0 Å². The summed E-state index contributed by atoms with van der Waals surface area (Å²) in [5.74, 6) is -0.394. The number of methoxy groups -OCH3 is 1. The van der Waals surface area contributed by atoms with E-state index in [9.17, 15) is 9.59 Å². The number of hydrogen-bond donors (Lipinski definition) is 1. The van der Waals surface area contributed by atoms with E-state index in [1.807, 2.05) is 6.20 Å². The molecule has 0 bridgehead atoms. The van der Waals surface area contributed by atoms with Gasteiger partial charge >= 0.3 is 5.97 Å². The largest absolute Gasteiger partial charge is 0.469 e. The molecule has 0 aliphatic heterocycles. The number of aromatic nitrogens is 3. The highest BCUT2D eigenvalue weighted by molar-refractivity contribution is 5.76. The molecule has 0 spiro atoms. The Balaban J connectivity index is 2.11. The molecule has 0 saturated carbocycles. The third-order valence-corrected chi connectivity index (χ3v) is 3.22. The monoisotopic (exact) mass is 233 g/mol. The number of carbonyl (C=O) groups is 1. The van der Waals surface area contributed by atoms with Crippen LogP contribution in [-0.2, 0) is 22.4 Å². The molecule has 1 aliphatic rings. The Hall–Kier alpha value is -2.11. The van der Waals surface area contributed by atoms with E-state index in [2.05, 4.69) is 10.1 Å². The molecule has 1 unspecified atom stereocenters. The van der Waals surface area contributed by atoms with Gasteiger partial charge in [0.2, 0.25) is 0 Å². The van der Waals surface area contributed by atoms with Gasteiger partial charge in [0, 0.05) is 6.20 Å². The van der Waals surface area contributed by atoms with Crippen LogP contribution in [0.2, 0.25) is 0 Å². The molecule has 2 aromatic heterocycles. The van der Waals surface area contributed by atoms with Crippen molar-refractivity contribution in [2.75, 3.05) is 7.11 Å². The van der Waals surface area contributed by atoms with Gasteiger partial charge in [0.15, 0.2) is 0 Å². The van der Waals surface area contributed by atoms with Crippen molar-refractivity contribution in [1.82, 2.24) is 14.6 Å². The van der Waals surface area contributed by atoms with E-state index < -0.39 is 0 Å². The van der Waals surface area contributed by atoms with E-state index in [4.69, 9.17) is 4.74 Å². The average molecular weight is 233 g/mol. The molecule has 2 aromatic rings. The van der Waals surface area contributed by atoms with E-state index in [1.54, 1.807) is 4.52 Å². The van der Waals surface area contributed by atoms with Crippen LogP contribution in [0.1, 0.15) is 11.1 Å². The molecule has 1 atom stereocenters. The predicted molar refractivity (Wildman–Crippen MR) is 58.7 cm³/mol. The minimum Gasteiger partial charge on any atom is -0.469 e. The third kappa shape index (κ3) is 1.37. The second kappa shape index (κ2) is 3.44. The first-order valence-electron chi connectivity index (χ1n) is 5.35. The Labute approximate surface area is 96.2 Å². The van der Waals surface area contributed by atoms with E-state index in [1.165, 1.54) is 13.4 Å². The molecule has 6 nitrogen and oxygen atoms in total. The SMILES string of the molecule is COC(=O)C1Cc2cn3nc[nH]c(=O)c3c2C1. The first-order valence-corrected chi connectivity index (χ1v) is 5.35. The topological polar surface area (TPSA) is 76.5 Å². The Kier molecular flexibility index (Phi) is 2.04. The summed E-state index contributed by atoms with van der Waals surface area (Å²) in [4.78, 5) is 25.7. The van der Waals surface area contributed by atoms with Crippen LogP contribution in [0.5, 0.6) is 0 Å². The maximum Gasteiger partial charge on any atom is 0.309 e. The Morgan fingerprint density at radius 1 is 1.59 bits per heavy atom. The number of carbonyl (C=O) groups excluding carboxylic acids is 1. The van der Waals surface area contributed by atoms with E-state index >= 15 is 0 Å². The van der Waals surface area contributed by atoms with E-state index in [0.717, 1.165) is 11.1 Å². The highest BCUT2D eigenvalue weighted by Gasteiger charge is 2.31. The number of ether oxygens (including phenoxy) is 1. The third-order valence-electron chi connectivity index (χ3n) is 3.22. The van der Waals surface area contributed by atoms with E-state index in [-0.39, 0.29) is 17.4 Å². The molecule has 0 fully saturated rings. The summed E-state index contributed by atoms with van der Waals surface area (Å²) in [6, 6.07) is 0. The molecule has 1 N–H and O–H groups in total. The van der Waals surface area contributed by atoms with Gasteiger partial charge < -0.3 is 9.72 Å². The Bertz CT molecular complexity index is 656. The molecule has 88 valence electrons. The number of esters is 1. The zero-order chi connectivity index (χ0) is 12.0. The van der Waals surface area contributed by atoms with Crippen LogP contribution < -0.4 is 5.56 Å². The number of aromatic amines is 1. The highest BCUT2D eigenvalue weighted by Crippen LogP contribution is 2.30. The molecule has 17 heavy (non-hydrogen) atoms. The van der Waals surface area contributed by atoms with Crippen molar-refractivity contribution in [3.05, 3.63) is 34.0 Å². The summed E-state index contributed by atoms with van der Waals surface area (Å²) >= 11 is 0. The lowest BCUT2D eigenvalue weighted by Crippen LogP contribution is -2.17. The van der Waals surface area contributed by atoms with Gasteiger partial charge in [-0.05, 0) is 24.0 Å². The fourth-order valence-electron chi connectivity index (χ4n) is 2.45. The van der Waals surface area contributed by atoms with Crippen LogP contribution in [0.25, 0.3) is 5.52 Å². The Morgan fingerprint density at radius 3 is 3.18 bits per heavy atom. The molecule has 1 aliphatic carbocycles. The zero-order valence-corrected chi connectivity index (χ0v) is 9.27. The summed E-state index contributed by atoms with van der Waals surface area (Å²) in [6.45, 7) is 0. The maximum absolute atomic E-state index is 11.7. The quantitative estimate of drug-likeness (QED) is 0.698. The first kappa shape index (κ1) is 10.1. The minimum atomic E-state index is -0.223. The van der Waals surface area contributed by atoms with Gasteiger partial charge in [0.05, 0.1) is 13.0 Å². The molecular weight excluding hydrogens is 222 g/mol.